The molecule has 0 bridgehead atoms. The highest BCUT2D eigenvalue weighted by Crippen LogP contribution is 2.32. The third-order valence-corrected chi connectivity index (χ3v) is 2.75. The number of aromatic nitrogens is 1. The molecule has 0 aliphatic carbocycles. The molecule has 17 heavy (non-hydrogen) atoms. The quantitative estimate of drug-likeness (QED) is 0.863. The minimum atomic E-state index is -0.930. The average molecular weight is 240 g/mol. The molecule has 0 unspecified atom stereocenters. The Morgan fingerprint density at radius 3 is 2.65 bits per heavy atom. The van der Waals surface area contributed by atoms with Crippen LogP contribution in [0.15, 0.2) is 12.3 Å². The molecule has 5 heteroatoms. The number of hydrogen-bond donors (Lipinski definition) is 2. The number of phenolic OH excluding ortho intramolecular Hbond substituents is 1. The van der Waals surface area contributed by atoms with Crippen LogP contribution >= 0.6 is 0 Å². The Balaban J connectivity index is 2.51. The molecular formula is C12H14F2N2O. The molecule has 92 valence electrons. The van der Waals surface area contributed by atoms with Gasteiger partial charge in [-0.2, -0.15) is 0 Å². The highest BCUT2D eigenvalue weighted by molar-refractivity contribution is 5.89. The lowest BCUT2D eigenvalue weighted by Gasteiger charge is -2.08. The number of phenols is 1. The molecule has 1 aromatic heterocycles. The summed E-state index contributed by atoms with van der Waals surface area (Å²) in [7, 11) is 3.83. The van der Waals surface area contributed by atoms with Crippen molar-refractivity contribution >= 4 is 10.9 Å². The van der Waals surface area contributed by atoms with Gasteiger partial charge >= 0.3 is 0 Å². The van der Waals surface area contributed by atoms with Gasteiger partial charge in [-0.15, -0.1) is 0 Å². The van der Waals surface area contributed by atoms with Crippen LogP contribution in [0.2, 0.25) is 0 Å². The highest BCUT2D eigenvalue weighted by atomic mass is 19.1. The maximum atomic E-state index is 13.4. The van der Waals surface area contributed by atoms with E-state index >= 15 is 0 Å². The largest absolute Gasteiger partial charge is 0.504 e. The van der Waals surface area contributed by atoms with Crippen molar-refractivity contribution in [1.29, 1.82) is 0 Å². The Labute approximate surface area is 97.7 Å². The maximum Gasteiger partial charge on any atom is 0.168 e. The Bertz CT molecular complexity index is 549. The van der Waals surface area contributed by atoms with E-state index in [0.29, 0.717) is 18.1 Å². The second-order valence-electron chi connectivity index (χ2n) is 4.31. The van der Waals surface area contributed by atoms with Gasteiger partial charge in [0.2, 0.25) is 0 Å². The van der Waals surface area contributed by atoms with E-state index in [1.807, 2.05) is 19.0 Å². The van der Waals surface area contributed by atoms with Gasteiger partial charge in [0.1, 0.15) is 5.82 Å². The minimum Gasteiger partial charge on any atom is -0.504 e. The highest BCUT2D eigenvalue weighted by Gasteiger charge is 2.16. The van der Waals surface area contributed by atoms with Crippen molar-refractivity contribution < 1.29 is 13.9 Å². The number of nitrogens with one attached hydrogen (secondary N) is 1. The van der Waals surface area contributed by atoms with Gasteiger partial charge in [-0.25, -0.2) is 8.78 Å². The molecule has 0 fully saturated rings. The number of benzene rings is 1. The molecule has 0 saturated heterocycles. The van der Waals surface area contributed by atoms with Crippen molar-refractivity contribution in [2.45, 2.75) is 6.42 Å². The van der Waals surface area contributed by atoms with Crippen molar-refractivity contribution in [2.75, 3.05) is 20.6 Å². The summed E-state index contributed by atoms with van der Waals surface area (Å²) in [5.41, 5.74) is 0.863. The van der Waals surface area contributed by atoms with Gasteiger partial charge < -0.3 is 15.0 Å². The van der Waals surface area contributed by atoms with Crippen molar-refractivity contribution in [3.63, 3.8) is 0 Å². The number of halogens is 2. The van der Waals surface area contributed by atoms with Crippen molar-refractivity contribution in [2.24, 2.45) is 0 Å². The van der Waals surface area contributed by atoms with Gasteiger partial charge in [-0.05, 0) is 26.1 Å². The molecule has 0 aliphatic heterocycles. The molecule has 3 nitrogen and oxygen atoms in total. The zero-order valence-electron chi connectivity index (χ0n) is 9.72. The van der Waals surface area contributed by atoms with Crippen LogP contribution in [0.4, 0.5) is 8.78 Å². The van der Waals surface area contributed by atoms with Crippen LogP contribution in [0, 0.1) is 11.6 Å². The molecule has 0 aliphatic rings. The first kappa shape index (κ1) is 11.9. The monoisotopic (exact) mass is 240 g/mol. The van der Waals surface area contributed by atoms with Crippen LogP contribution in [-0.2, 0) is 6.42 Å². The van der Waals surface area contributed by atoms with Crippen LogP contribution in [0.5, 0.6) is 5.75 Å². The van der Waals surface area contributed by atoms with Gasteiger partial charge in [-0.1, -0.05) is 0 Å². The minimum absolute atomic E-state index is 0.151. The smallest absolute Gasteiger partial charge is 0.168 e. The number of rotatable bonds is 3. The summed E-state index contributed by atoms with van der Waals surface area (Å²) in [5.74, 6) is -2.11. The summed E-state index contributed by atoms with van der Waals surface area (Å²) < 4.78 is 26.7. The number of nitrogens with zero attached hydrogens (tertiary/aromatic N) is 1. The van der Waals surface area contributed by atoms with Crippen LogP contribution in [-0.4, -0.2) is 35.6 Å². The summed E-state index contributed by atoms with van der Waals surface area (Å²) in [6, 6.07) is 0.684. The normalized spacial score (nSPS) is 11.6. The predicted octanol–water partition coefficient (Wildman–Crippen LogP) is 2.26. The Kier molecular flexibility index (Phi) is 3.02. The number of H-pyrrole nitrogens is 1. The van der Waals surface area contributed by atoms with E-state index in [2.05, 4.69) is 4.98 Å². The lowest BCUT2D eigenvalue weighted by molar-refractivity contribution is 0.413. The molecule has 0 radical (unpaired) electrons. The Morgan fingerprint density at radius 1 is 1.29 bits per heavy atom. The molecule has 2 N–H and O–H groups in total. The second-order valence-corrected chi connectivity index (χ2v) is 4.31. The first-order chi connectivity index (χ1) is 8.00. The molecule has 2 aromatic rings. The van der Waals surface area contributed by atoms with Gasteiger partial charge in [0.05, 0.1) is 10.9 Å². The van der Waals surface area contributed by atoms with Crippen molar-refractivity contribution in [3.05, 3.63) is 29.5 Å². The van der Waals surface area contributed by atoms with E-state index in [9.17, 15) is 13.9 Å². The van der Waals surface area contributed by atoms with Crippen molar-refractivity contribution in [3.8, 4) is 5.75 Å². The van der Waals surface area contributed by atoms with Crippen LogP contribution in [0.1, 0.15) is 5.56 Å². The number of hydrogen-bond acceptors (Lipinski definition) is 2. The molecule has 0 saturated carbocycles. The maximum absolute atomic E-state index is 13.4. The number of likely N-dealkylation sites (N-methyl/N-ethyl adjacent to an activating group) is 1. The van der Waals surface area contributed by atoms with Crippen LogP contribution in [0.3, 0.4) is 0 Å². The first-order valence-electron chi connectivity index (χ1n) is 5.32. The topological polar surface area (TPSA) is 39.3 Å². The molecule has 1 aromatic carbocycles. The van der Waals surface area contributed by atoms with E-state index in [-0.39, 0.29) is 10.9 Å². The van der Waals surface area contributed by atoms with Gasteiger partial charge in [0.15, 0.2) is 11.6 Å². The molecule has 0 amide bonds. The van der Waals surface area contributed by atoms with Gasteiger partial charge in [0, 0.05) is 18.8 Å². The SMILES string of the molecule is CN(C)CCc1c[nH]c2c(F)cc(F)c(O)c12. The lowest BCUT2D eigenvalue weighted by atomic mass is 10.1. The zero-order chi connectivity index (χ0) is 12.6. The van der Waals surface area contributed by atoms with Crippen LogP contribution < -0.4 is 0 Å². The summed E-state index contributed by atoms with van der Waals surface area (Å²) in [5, 5.41) is 9.88. The molecular weight excluding hydrogens is 226 g/mol. The van der Waals surface area contributed by atoms with E-state index in [4.69, 9.17) is 0 Å². The fourth-order valence-corrected chi connectivity index (χ4v) is 1.84. The fourth-order valence-electron chi connectivity index (χ4n) is 1.84. The fraction of sp³-hybridized carbons (Fsp3) is 0.333. The third-order valence-electron chi connectivity index (χ3n) is 2.75. The van der Waals surface area contributed by atoms with Crippen molar-refractivity contribution in [1.82, 2.24) is 9.88 Å². The molecule has 0 spiro atoms. The van der Waals surface area contributed by atoms with E-state index in [0.717, 1.165) is 6.54 Å². The average Bonchev–Trinajstić information content (AvgIpc) is 2.67. The summed E-state index contributed by atoms with van der Waals surface area (Å²) in [6.07, 6.45) is 2.22. The standard InChI is InChI=1S/C12H14F2N2O/c1-16(2)4-3-7-6-15-11-8(13)5-9(14)12(17)10(7)11/h5-6,15,17H,3-4H2,1-2H3. The van der Waals surface area contributed by atoms with E-state index < -0.39 is 17.4 Å². The van der Waals surface area contributed by atoms with Gasteiger partial charge in [-0.3, -0.25) is 0 Å². The van der Waals surface area contributed by atoms with E-state index in [1.54, 1.807) is 6.20 Å². The predicted molar refractivity (Wildman–Crippen MR) is 62.1 cm³/mol. The second kappa shape index (κ2) is 4.33. The summed E-state index contributed by atoms with van der Waals surface area (Å²) in [4.78, 5) is 4.69. The zero-order valence-corrected chi connectivity index (χ0v) is 9.72. The first-order valence-corrected chi connectivity index (χ1v) is 5.32. The third kappa shape index (κ3) is 2.10. The van der Waals surface area contributed by atoms with Gasteiger partial charge in [0.25, 0.3) is 0 Å². The molecule has 1 heterocycles. The number of fused-ring (bicyclic) bond motifs is 1. The lowest BCUT2D eigenvalue weighted by Crippen LogP contribution is -2.14. The Morgan fingerprint density at radius 2 is 2.00 bits per heavy atom. The van der Waals surface area contributed by atoms with Crippen LogP contribution in [0.25, 0.3) is 10.9 Å². The number of aromatic amines is 1. The molecule has 2 rings (SSSR count). The van der Waals surface area contributed by atoms with E-state index in [1.165, 1.54) is 0 Å². The summed E-state index contributed by atoms with van der Waals surface area (Å²) in [6.45, 7) is 0.741. The molecule has 0 atom stereocenters. The summed E-state index contributed by atoms with van der Waals surface area (Å²) >= 11 is 0. The Hall–Kier alpha value is -1.62. The number of aromatic hydroxyl groups is 1.